The molecule has 1 saturated heterocycles. The van der Waals surface area contributed by atoms with Crippen LogP contribution in [0.15, 0.2) is 41.6 Å². The molecule has 0 spiro atoms. The fourth-order valence-electron chi connectivity index (χ4n) is 3.26. The normalized spacial score (nSPS) is 19.1. The summed E-state index contributed by atoms with van der Waals surface area (Å²) in [4.78, 5) is 18.9. The van der Waals surface area contributed by atoms with Crippen molar-refractivity contribution in [2.75, 3.05) is 19.6 Å². The summed E-state index contributed by atoms with van der Waals surface area (Å²) in [7, 11) is -1.86. The number of carbonyl (C=O) groups excluding carboxylic acids is 1. The number of sulfone groups is 1. The van der Waals surface area contributed by atoms with E-state index < -0.39 is 20.9 Å². The molecule has 0 radical (unpaired) electrons. The first-order valence-electron chi connectivity index (χ1n) is 8.77. The van der Waals surface area contributed by atoms with Gasteiger partial charge in [-0.25, -0.2) is 17.8 Å². The van der Waals surface area contributed by atoms with Crippen molar-refractivity contribution in [1.29, 1.82) is 0 Å². The van der Waals surface area contributed by atoms with Gasteiger partial charge < -0.3 is 14.8 Å². The highest BCUT2D eigenvalue weighted by molar-refractivity contribution is 7.92. The minimum atomic E-state index is -3.72. The van der Waals surface area contributed by atoms with E-state index >= 15 is 0 Å². The van der Waals surface area contributed by atoms with Crippen LogP contribution in [0.5, 0.6) is 0 Å². The number of benzene rings is 1. The van der Waals surface area contributed by atoms with Gasteiger partial charge in [0.1, 0.15) is 17.7 Å². The molecule has 1 fully saturated rings. The molecule has 0 saturated carbocycles. The number of carbonyl (C=O) groups is 1. The van der Waals surface area contributed by atoms with Gasteiger partial charge >= 0.3 is 0 Å². The first kappa shape index (κ1) is 19.5. The molecule has 1 amide bonds. The van der Waals surface area contributed by atoms with Crippen molar-refractivity contribution in [2.45, 2.75) is 29.5 Å². The number of rotatable bonds is 5. The van der Waals surface area contributed by atoms with E-state index in [-0.39, 0.29) is 23.3 Å². The fourth-order valence-corrected chi connectivity index (χ4v) is 4.60. The predicted octanol–water partition coefficient (Wildman–Crippen LogP) is 1.28. The molecule has 1 aliphatic heterocycles. The smallest absolute Gasteiger partial charge is 0.224 e. The van der Waals surface area contributed by atoms with E-state index in [9.17, 15) is 17.6 Å². The van der Waals surface area contributed by atoms with Gasteiger partial charge in [-0.15, -0.1) is 0 Å². The van der Waals surface area contributed by atoms with E-state index in [2.05, 4.69) is 10.3 Å². The Labute approximate surface area is 158 Å². The summed E-state index contributed by atoms with van der Waals surface area (Å²) in [6, 6.07) is 4.43. The van der Waals surface area contributed by atoms with Gasteiger partial charge in [0.2, 0.25) is 5.91 Å². The lowest BCUT2D eigenvalue weighted by Crippen LogP contribution is -2.50. The SMILES string of the molecule is CC(CC(=O)N1CCNCC1c1nccn1C)S(=O)(=O)c1ccc(F)cc1. The van der Waals surface area contributed by atoms with Gasteiger partial charge in [-0.05, 0) is 31.2 Å². The van der Waals surface area contributed by atoms with Crippen LogP contribution < -0.4 is 5.32 Å². The second-order valence-corrected chi connectivity index (χ2v) is 9.08. The molecule has 0 aliphatic carbocycles. The Morgan fingerprint density at radius 2 is 2.07 bits per heavy atom. The molecule has 2 atom stereocenters. The first-order valence-corrected chi connectivity index (χ1v) is 10.3. The van der Waals surface area contributed by atoms with E-state index in [1.807, 2.05) is 17.8 Å². The largest absolute Gasteiger partial charge is 0.336 e. The molecule has 3 rings (SSSR count). The summed E-state index contributed by atoms with van der Waals surface area (Å²) >= 11 is 0. The minimum Gasteiger partial charge on any atom is -0.336 e. The second-order valence-electron chi connectivity index (χ2n) is 6.72. The minimum absolute atomic E-state index is 0.0187. The molecule has 7 nitrogen and oxygen atoms in total. The predicted molar refractivity (Wildman–Crippen MR) is 98.2 cm³/mol. The Kier molecular flexibility index (Phi) is 5.61. The number of piperazine rings is 1. The van der Waals surface area contributed by atoms with Gasteiger partial charge in [-0.2, -0.15) is 0 Å². The van der Waals surface area contributed by atoms with Gasteiger partial charge in [0, 0.05) is 45.5 Å². The zero-order valence-corrected chi connectivity index (χ0v) is 16.1. The molecule has 1 aromatic heterocycles. The molecule has 9 heteroatoms. The Bertz CT molecular complexity index is 911. The third-order valence-corrected chi connectivity index (χ3v) is 7.01. The van der Waals surface area contributed by atoms with Crippen LogP contribution >= 0.6 is 0 Å². The average molecular weight is 394 g/mol. The quantitative estimate of drug-likeness (QED) is 0.773. The zero-order valence-electron chi connectivity index (χ0n) is 15.3. The number of amides is 1. The highest BCUT2D eigenvalue weighted by Gasteiger charge is 2.33. The Balaban J connectivity index is 1.76. The number of halogens is 1. The molecule has 146 valence electrons. The summed E-state index contributed by atoms with van der Waals surface area (Å²) in [5, 5.41) is 2.34. The number of nitrogens with zero attached hydrogens (tertiary/aromatic N) is 3. The van der Waals surface area contributed by atoms with E-state index in [1.165, 1.54) is 19.1 Å². The van der Waals surface area contributed by atoms with Gasteiger partial charge in [0.15, 0.2) is 9.84 Å². The Morgan fingerprint density at radius 3 is 2.70 bits per heavy atom. The van der Waals surface area contributed by atoms with Crippen molar-refractivity contribution in [3.05, 3.63) is 48.3 Å². The second kappa shape index (κ2) is 7.77. The maximum absolute atomic E-state index is 13.1. The molecular formula is C18H23FN4O3S. The van der Waals surface area contributed by atoms with Gasteiger partial charge in [-0.3, -0.25) is 4.79 Å². The highest BCUT2D eigenvalue weighted by Crippen LogP contribution is 2.24. The van der Waals surface area contributed by atoms with Gasteiger partial charge in [0.05, 0.1) is 10.1 Å². The van der Waals surface area contributed by atoms with Crippen LogP contribution in [-0.4, -0.2) is 53.7 Å². The molecule has 2 heterocycles. The van der Waals surface area contributed by atoms with E-state index in [4.69, 9.17) is 0 Å². The van der Waals surface area contributed by atoms with Crippen LogP contribution in [0.4, 0.5) is 4.39 Å². The van der Waals surface area contributed by atoms with Crippen LogP contribution in [0.2, 0.25) is 0 Å². The zero-order chi connectivity index (χ0) is 19.6. The van der Waals surface area contributed by atoms with E-state index in [0.29, 0.717) is 19.6 Å². The monoisotopic (exact) mass is 394 g/mol. The maximum Gasteiger partial charge on any atom is 0.224 e. The third-order valence-electron chi connectivity index (χ3n) is 4.85. The summed E-state index contributed by atoms with van der Waals surface area (Å²) in [5.41, 5.74) is 0. The van der Waals surface area contributed by atoms with Crippen molar-refractivity contribution in [1.82, 2.24) is 19.8 Å². The summed E-state index contributed by atoms with van der Waals surface area (Å²) in [6.45, 7) is 3.20. The summed E-state index contributed by atoms with van der Waals surface area (Å²) in [5.74, 6) is 0.0173. The summed E-state index contributed by atoms with van der Waals surface area (Å²) in [6.07, 6.45) is 3.35. The van der Waals surface area contributed by atoms with Crippen LogP contribution in [0.1, 0.15) is 25.2 Å². The number of hydrogen-bond acceptors (Lipinski definition) is 5. The first-order chi connectivity index (χ1) is 12.8. The van der Waals surface area contributed by atoms with E-state index in [1.54, 1.807) is 11.1 Å². The number of imidazole rings is 1. The Hall–Kier alpha value is -2.26. The lowest BCUT2D eigenvalue weighted by atomic mass is 10.1. The van der Waals surface area contributed by atoms with E-state index in [0.717, 1.165) is 18.0 Å². The van der Waals surface area contributed by atoms with Crippen LogP contribution in [0.25, 0.3) is 0 Å². The lowest BCUT2D eigenvalue weighted by Gasteiger charge is -2.36. The number of hydrogen-bond donors (Lipinski definition) is 1. The molecule has 27 heavy (non-hydrogen) atoms. The van der Waals surface area contributed by atoms with Crippen molar-refractivity contribution in [3.63, 3.8) is 0 Å². The van der Waals surface area contributed by atoms with Gasteiger partial charge in [-0.1, -0.05) is 0 Å². The molecule has 1 N–H and O–H groups in total. The maximum atomic E-state index is 13.1. The molecule has 0 bridgehead atoms. The van der Waals surface area contributed by atoms with Crippen molar-refractivity contribution in [3.8, 4) is 0 Å². The van der Waals surface area contributed by atoms with Crippen molar-refractivity contribution in [2.24, 2.45) is 7.05 Å². The number of nitrogens with one attached hydrogen (secondary N) is 1. The average Bonchev–Trinajstić information content (AvgIpc) is 3.07. The van der Waals surface area contributed by atoms with Crippen LogP contribution in [0, 0.1) is 5.82 Å². The Morgan fingerprint density at radius 1 is 1.37 bits per heavy atom. The molecule has 2 unspecified atom stereocenters. The molecule has 1 aromatic carbocycles. The van der Waals surface area contributed by atoms with Crippen LogP contribution in [-0.2, 0) is 21.7 Å². The summed E-state index contributed by atoms with van der Waals surface area (Å²) < 4.78 is 40.3. The van der Waals surface area contributed by atoms with Crippen molar-refractivity contribution < 1.29 is 17.6 Å². The van der Waals surface area contributed by atoms with Crippen LogP contribution in [0.3, 0.4) is 0 Å². The number of aryl methyl sites for hydroxylation is 1. The number of aromatic nitrogens is 2. The standard InChI is InChI=1S/C18H23FN4O3S/c1-13(27(25,26)15-5-3-14(19)4-6-15)11-17(24)23-10-7-20-12-16(23)18-21-8-9-22(18)2/h3-6,8-9,13,16,20H,7,10-12H2,1-2H3. The van der Waals surface area contributed by atoms with Gasteiger partial charge in [0.25, 0.3) is 0 Å². The highest BCUT2D eigenvalue weighted by atomic mass is 32.2. The molecule has 1 aliphatic rings. The molecule has 2 aromatic rings. The fraction of sp³-hybridized carbons (Fsp3) is 0.444. The third kappa shape index (κ3) is 4.03. The lowest BCUT2D eigenvalue weighted by molar-refractivity contribution is -0.134. The topological polar surface area (TPSA) is 84.3 Å². The van der Waals surface area contributed by atoms with Crippen molar-refractivity contribution >= 4 is 15.7 Å². The molecular weight excluding hydrogens is 371 g/mol.